The number of hydrogen-bond acceptors (Lipinski definition) is 6. The molecule has 0 bridgehead atoms. The van der Waals surface area contributed by atoms with Crippen molar-refractivity contribution >= 4 is 11.6 Å². The zero-order valence-electron chi connectivity index (χ0n) is 15.6. The molecule has 0 aliphatic carbocycles. The fraction of sp³-hybridized carbons (Fsp3) is 0.238. The number of aliphatic hydroxyl groups is 1. The SMILES string of the molecule is Cc1cccc(CN=Nc2cc(-c3ccncc3)cc(N(C)CCO)n2)c1. The van der Waals surface area contributed by atoms with Crippen LogP contribution in [0, 0.1) is 6.92 Å². The van der Waals surface area contributed by atoms with Crippen molar-refractivity contribution in [2.45, 2.75) is 13.5 Å². The van der Waals surface area contributed by atoms with Crippen LogP contribution in [0.2, 0.25) is 0 Å². The van der Waals surface area contributed by atoms with Gasteiger partial charge in [-0.1, -0.05) is 29.8 Å². The average molecular weight is 361 g/mol. The van der Waals surface area contributed by atoms with Crippen LogP contribution < -0.4 is 4.90 Å². The Balaban J connectivity index is 1.88. The summed E-state index contributed by atoms with van der Waals surface area (Å²) in [7, 11) is 1.89. The van der Waals surface area contributed by atoms with Crippen LogP contribution in [0.15, 0.2) is 71.2 Å². The Morgan fingerprint density at radius 3 is 2.59 bits per heavy atom. The number of aliphatic hydroxyl groups excluding tert-OH is 1. The van der Waals surface area contributed by atoms with Crippen LogP contribution in [0.25, 0.3) is 11.1 Å². The van der Waals surface area contributed by atoms with E-state index in [1.165, 1.54) is 5.56 Å². The molecule has 2 aromatic heterocycles. The van der Waals surface area contributed by atoms with Gasteiger partial charge in [0.05, 0.1) is 13.2 Å². The molecular weight excluding hydrogens is 338 g/mol. The normalized spacial score (nSPS) is 11.1. The molecule has 27 heavy (non-hydrogen) atoms. The highest BCUT2D eigenvalue weighted by Gasteiger charge is 2.08. The van der Waals surface area contributed by atoms with Gasteiger partial charge in [-0.05, 0) is 47.9 Å². The van der Waals surface area contributed by atoms with Crippen LogP contribution in [0.3, 0.4) is 0 Å². The summed E-state index contributed by atoms with van der Waals surface area (Å²) in [5.41, 5.74) is 4.33. The zero-order chi connectivity index (χ0) is 19.1. The van der Waals surface area contributed by atoms with Crippen molar-refractivity contribution < 1.29 is 5.11 Å². The molecule has 0 saturated carbocycles. The first-order chi connectivity index (χ1) is 13.2. The highest BCUT2D eigenvalue weighted by atomic mass is 16.3. The summed E-state index contributed by atoms with van der Waals surface area (Å²) >= 11 is 0. The quantitative estimate of drug-likeness (QED) is 0.641. The van der Waals surface area contributed by atoms with Crippen molar-refractivity contribution in [1.82, 2.24) is 9.97 Å². The van der Waals surface area contributed by atoms with E-state index in [1.807, 2.05) is 48.3 Å². The maximum atomic E-state index is 9.22. The van der Waals surface area contributed by atoms with Gasteiger partial charge in [0.25, 0.3) is 0 Å². The first-order valence-corrected chi connectivity index (χ1v) is 8.83. The van der Waals surface area contributed by atoms with Crippen LogP contribution in [-0.4, -0.2) is 35.3 Å². The Labute approximate surface area is 159 Å². The fourth-order valence-electron chi connectivity index (χ4n) is 2.72. The summed E-state index contributed by atoms with van der Waals surface area (Å²) in [5.74, 6) is 1.28. The number of benzene rings is 1. The number of rotatable bonds is 7. The zero-order valence-corrected chi connectivity index (χ0v) is 15.6. The first-order valence-electron chi connectivity index (χ1n) is 8.83. The van der Waals surface area contributed by atoms with Crippen LogP contribution >= 0.6 is 0 Å². The van der Waals surface area contributed by atoms with Crippen LogP contribution in [0.5, 0.6) is 0 Å². The molecule has 6 nitrogen and oxygen atoms in total. The highest BCUT2D eigenvalue weighted by molar-refractivity contribution is 5.69. The summed E-state index contributed by atoms with van der Waals surface area (Å²) in [6.45, 7) is 3.11. The molecule has 0 atom stereocenters. The Bertz CT molecular complexity index is 911. The molecule has 0 saturated heterocycles. The summed E-state index contributed by atoms with van der Waals surface area (Å²) in [6, 6.07) is 16.0. The van der Waals surface area contributed by atoms with E-state index in [9.17, 15) is 5.11 Å². The van der Waals surface area contributed by atoms with E-state index >= 15 is 0 Å². The minimum Gasteiger partial charge on any atom is -0.395 e. The third-order valence-electron chi connectivity index (χ3n) is 4.15. The van der Waals surface area contributed by atoms with Gasteiger partial charge in [-0.25, -0.2) is 4.98 Å². The Hall–Kier alpha value is -3.12. The fourth-order valence-corrected chi connectivity index (χ4v) is 2.72. The number of hydrogen-bond donors (Lipinski definition) is 1. The van der Waals surface area contributed by atoms with E-state index in [0.717, 1.165) is 22.5 Å². The van der Waals surface area contributed by atoms with E-state index in [-0.39, 0.29) is 6.61 Å². The van der Waals surface area contributed by atoms with Gasteiger partial charge in [-0.2, -0.15) is 5.11 Å². The van der Waals surface area contributed by atoms with E-state index in [4.69, 9.17) is 0 Å². The van der Waals surface area contributed by atoms with Crippen molar-refractivity contribution in [2.24, 2.45) is 10.2 Å². The number of nitrogens with zero attached hydrogens (tertiary/aromatic N) is 5. The van der Waals surface area contributed by atoms with E-state index < -0.39 is 0 Å². The van der Waals surface area contributed by atoms with Gasteiger partial charge in [0.2, 0.25) is 0 Å². The summed E-state index contributed by atoms with van der Waals surface area (Å²) in [5, 5.41) is 17.9. The molecule has 0 fully saturated rings. The lowest BCUT2D eigenvalue weighted by molar-refractivity contribution is 0.304. The minimum atomic E-state index is 0.0574. The molecule has 0 amide bonds. The van der Waals surface area contributed by atoms with Crippen molar-refractivity contribution in [3.63, 3.8) is 0 Å². The molecule has 3 aromatic rings. The van der Waals surface area contributed by atoms with E-state index in [1.54, 1.807) is 12.4 Å². The van der Waals surface area contributed by atoms with Gasteiger partial charge >= 0.3 is 0 Å². The van der Waals surface area contributed by atoms with Crippen LogP contribution in [0.4, 0.5) is 11.6 Å². The molecule has 0 spiro atoms. The molecule has 0 unspecified atom stereocenters. The average Bonchev–Trinajstić information content (AvgIpc) is 2.69. The molecule has 2 heterocycles. The number of likely N-dealkylation sites (N-methyl/N-ethyl adjacent to an activating group) is 1. The lowest BCUT2D eigenvalue weighted by Crippen LogP contribution is -2.22. The summed E-state index contributed by atoms with van der Waals surface area (Å²) < 4.78 is 0. The van der Waals surface area contributed by atoms with E-state index in [0.29, 0.717) is 18.9 Å². The van der Waals surface area contributed by atoms with Crippen molar-refractivity contribution in [3.8, 4) is 11.1 Å². The monoisotopic (exact) mass is 361 g/mol. The minimum absolute atomic E-state index is 0.0574. The van der Waals surface area contributed by atoms with Gasteiger partial charge in [0, 0.05) is 26.0 Å². The lowest BCUT2D eigenvalue weighted by Gasteiger charge is -2.18. The van der Waals surface area contributed by atoms with Crippen molar-refractivity contribution in [3.05, 3.63) is 72.1 Å². The molecule has 1 aromatic carbocycles. The standard InChI is InChI=1S/C21H23N5O/c1-16-4-3-5-17(12-16)15-23-25-20-13-19(18-6-8-22-9-7-18)14-21(24-20)26(2)10-11-27/h3-9,12-14,27H,10-11,15H2,1-2H3. The second kappa shape index (κ2) is 9.00. The predicted octanol–water partition coefficient (Wildman–Crippen LogP) is 4.16. The summed E-state index contributed by atoms with van der Waals surface area (Å²) in [4.78, 5) is 10.5. The Morgan fingerprint density at radius 1 is 1.04 bits per heavy atom. The number of aryl methyl sites for hydroxylation is 1. The van der Waals surface area contributed by atoms with Crippen molar-refractivity contribution in [1.29, 1.82) is 0 Å². The number of anilines is 1. The number of azo groups is 1. The second-order valence-corrected chi connectivity index (χ2v) is 6.34. The molecular formula is C21H23N5O. The van der Waals surface area contributed by atoms with Gasteiger partial charge in [0.15, 0.2) is 5.82 Å². The maximum absolute atomic E-state index is 9.22. The summed E-state index contributed by atoms with van der Waals surface area (Å²) in [6.07, 6.45) is 3.51. The first kappa shape index (κ1) is 18.7. The number of pyridine rings is 2. The molecule has 0 radical (unpaired) electrons. The Kier molecular flexibility index (Phi) is 6.22. The van der Waals surface area contributed by atoms with Gasteiger partial charge in [-0.15, -0.1) is 5.11 Å². The Morgan fingerprint density at radius 2 is 1.85 bits per heavy atom. The molecule has 1 N–H and O–H groups in total. The highest BCUT2D eigenvalue weighted by Crippen LogP contribution is 2.27. The third kappa shape index (κ3) is 5.18. The lowest BCUT2D eigenvalue weighted by atomic mass is 10.1. The van der Waals surface area contributed by atoms with E-state index in [2.05, 4.69) is 39.3 Å². The third-order valence-corrected chi connectivity index (χ3v) is 4.15. The smallest absolute Gasteiger partial charge is 0.176 e. The molecule has 138 valence electrons. The maximum Gasteiger partial charge on any atom is 0.176 e. The van der Waals surface area contributed by atoms with Gasteiger partial charge < -0.3 is 10.0 Å². The molecule has 0 aliphatic rings. The van der Waals surface area contributed by atoms with Crippen LogP contribution in [0.1, 0.15) is 11.1 Å². The molecule has 3 rings (SSSR count). The largest absolute Gasteiger partial charge is 0.395 e. The molecule has 6 heteroatoms. The predicted molar refractivity (Wildman–Crippen MR) is 107 cm³/mol. The van der Waals surface area contributed by atoms with Crippen LogP contribution in [-0.2, 0) is 6.54 Å². The van der Waals surface area contributed by atoms with Crippen molar-refractivity contribution in [2.75, 3.05) is 25.1 Å². The topological polar surface area (TPSA) is 74.0 Å². The molecule has 0 aliphatic heterocycles. The number of aromatic nitrogens is 2. The van der Waals surface area contributed by atoms with Gasteiger partial charge in [-0.3, -0.25) is 4.98 Å². The van der Waals surface area contributed by atoms with Gasteiger partial charge in [0.1, 0.15) is 5.82 Å². The second-order valence-electron chi connectivity index (χ2n) is 6.34.